The van der Waals surface area contributed by atoms with Crippen LogP contribution in [0.15, 0.2) is 36.8 Å². The van der Waals surface area contributed by atoms with Gasteiger partial charge in [-0.25, -0.2) is 9.97 Å². The summed E-state index contributed by atoms with van der Waals surface area (Å²) >= 11 is 0. The average molecular weight is 299 g/mol. The van der Waals surface area contributed by atoms with Crippen LogP contribution in [0.5, 0.6) is 0 Å². The molecule has 3 rings (SSSR count). The van der Waals surface area contributed by atoms with Crippen LogP contribution in [0.3, 0.4) is 0 Å². The number of morpholine rings is 1. The van der Waals surface area contributed by atoms with Gasteiger partial charge in [0.15, 0.2) is 0 Å². The number of nitrogens with zero attached hydrogens (tertiary/aromatic N) is 4. The Bertz CT molecular complexity index is 569. The van der Waals surface area contributed by atoms with Crippen LogP contribution in [0, 0.1) is 0 Å². The van der Waals surface area contributed by atoms with Gasteiger partial charge in [-0.05, 0) is 25.1 Å². The zero-order valence-corrected chi connectivity index (χ0v) is 12.8. The van der Waals surface area contributed by atoms with Gasteiger partial charge in [-0.1, -0.05) is 0 Å². The molecule has 3 heterocycles. The maximum Gasteiger partial charge on any atom is 0.144 e. The first kappa shape index (κ1) is 14.9. The summed E-state index contributed by atoms with van der Waals surface area (Å²) in [6, 6.07) is 6.11. The van der Waals surface area contributed by atoms with Crippen molar-refractivity contribution in [2.45, 2.75) is 19.5 Å². The van der Waals surface area contributed by atoms with Gasteiger partial charge >= 0.3 is 0 Å². The number of hydrogen-bond donors (Lipinski definition) is 1. The number of pyridine rings is 1. The summed E-state index contributed by atoms with van der Waals surface area (Å²) in [6.07, 6.45) is 5.46. The van der Waals surface area contributed by atoms with Crippen molar-refractivity contribution in [2.24, 2.45) is 0 Å². The molecular formula is C16H21N5O. The number of rotatable bonds is 5. The molecule has 0 radical (unpaired) electrons. The highest BCUT2D eigenvalue weighted by Gasteiger charge is 2.12. The Balaban J connectivity index is 1.55. The van der Waals surface area contributed by atoms with Crippen molar-refractivity contribution in [1.82, 2.24) is 20.3 Å². The molecule has 2 aromatic rings. The quantitative estimate of drug-likeness (QED) is 0.904. The minimum absolute atomic E-state index is 0.0990. The maximum absolute atomic E-state index is 5.37. The Hall–Kier alpha value is -2.05. The zero-order chi connectivity index (χ0) is 15.2. The van der Waals surface area contributed by atoms with Crippen molar-refractivity contribution in [1.29, 1.82) is 0 Å². The molecule has 1 N–H and O–H groups in total. The van der Waals surface area contributed by atoms with Crippen LogP contribution < -0.4 is 10.2 Å². The second-order valence-electron chi connectivity index (χ2n) is 5.32. The van der Waals surface area contributed by atoms with Crippen LogP contribution in [0.25, 0.3) is 0 Å². The van der Waals surface area contributed by atoms with E-state index in [0.29, 0.717) is 6.54 Å². The lowest BCUT2D eigenvalue weighted by atomic mass is 10.2. The summed E-state index contributed by atoms with van der Waals surface area (Å²) in [7, 11) is 0. The third-order valence-corrected chi connectivity index (χ3v) is 3.75. The minimum atomic E-state index is 0.0990. The Kier molecular flexibility index (Phi) is 4.92. The molecule has 1 aliphatic rings. The number of hydrogen-bond acceptors (Lipinski definition) is 6. The van der Waals surface area contributed by atoms with E-state index < -0.39 is 0 Å². The third kappa shape index (κ3) is 3.78. The fourth-order valence-electron chi connectivity index (χ4n) is 2.41. The summed E-state index contributed by atoms with van der Waals surface area (Å²) in [6.45, 7) is 6.19. The van der Waals surface area contributed by atoms with Crippen molar-refractivity contribution in [3.05, 3.63) is 48.3 Å². The van der Waals surface area contributed by atoms with Crippen LogP contribution in [0.1, 0.15) is 24.5 Å². The first-order valence-corrected chi connectivity index (χ1v) is 7.61. The van der Waals surface area contributed by atoms with E-state index in [4.69, 9.17) is 4.74 Å². The van der Waals surface area contributed by atoms with Crippen LogP contribution in [-0.2, 0) is 11.3 Å². The normalized spacial score (nSPS) is 16.5. The van der Waals surface area contributed by atoms with Crippen LogP contribution in [-0.4, -0.2) is 41.3 Å². The average Bonchev–Trinajstić information content (AvgIpc) is 2.61. The molecule has 22 heavy (non-hydrogen) atoms. The van der Waals surface area contributed by atoms with Gasteiger partial charge < -0.3 is 15.0 Å². The highest BCUT2D eigenvalue weighted by Crippen LogP contribution is 2.15. The molecule has 0 saturated carbocycles. The standard InChI is InChI=1S/C16H21N5O/c1-13(16-17-5-2-6-18-16)19-11-14-3-4-15(12-20-14)21-7-9-22-10-8-21/h2-6,12-13,19H,7-11H2,1H3/t13-/m1/s1. The summed E-state index contributed by atoms with van der Waals surface area (Å²) < 4.78 is 5.37. The molecule has 0 spiro atoms. The Labute approximate surface area is 130 Å². The van der Waals surface area contributed by atoms with Gasteiger partial charge in [0.2, 0.25) is 0 Å². The Morgan fingerprint density at radius 3 is 2.64 bits per heavy atom. The number of nitrogens with one attached hydrogen (secondary N) is 1. The molecule has 1 aliphatic heterocycles. The lowest BCUT2D eigenvalue weighted by molar-refractivity contribution is 0.122. The van der Waals surface area contributed by atoms with E-state index >= 15 is 0 Å². The van der Waals surface area contributed by atoms with Crippen LogP contribution >= 0.6 is 0 Å². The first-order chi connectivity index (χ1) is 10.8. The predicted octanol–water partition coefficient (Wildman–Crippen LogP) is 1.56. The van der Waals surface area contributed by atoms with E-state index in [2.05, 4.69) is 44.2 Å². The van der Waals surface area contributed by atoms with Gasteiger partial charge in [0, 0.05) is 32.0 Å². The van der Waals surface area contributed by atoms with E-state index in [0.717, 1.165) is 43.5 Å². The number of ether oxygens (including phenoxy) is 1. The van der Waals surface area contributed by atoms with Crippen molar-refractivity contribution in [3.8, 4) is 0 Å². The predicted molar refractivity (Wildman–Crippen MR) is 84.6 cm³/mol. The molecule has 0 aromatic carbocycles. The minimum Gasteiger partial charge on any atom is -0.378 e. The van der Waals surface area contributed by atoms with E-state index in [9.17, 15) is 0 Å². The summed E-state index contributed by atoms with van der Waals surface area (Å²) in [5.41, 5.74) is 2.17. The summed E-state index contributed by atoms with van der Waals surface area (Å²) in [5, 5.41) is 3.39. The number of anilines is 1. The van der Waals surface area contributed by atoms with Gasteiger partial charge in [0.25, 0.3) is 0 Å². The lowest BCUT2D eigenvalue weighted by Crippen LogP contribution is -2.36. The molecular weight excluding hydrogens is 278 g/mol. The van der Waals surface area contributed by atoms with Crippen LogP contribution in [0.2, 0.25) is 0 Å². The molecule has 0 unspecified atom stereocenters. The molecule has 1 fully saturated rings. The summed E-state index contributed by atoms with van der Waals surface area (Å²) in [5.74, 6) is 0.799. The molecule has 116 valence electrons. The van der Waals surface area contributed by atoms with E-state index in [1.165, 1.54) is 0 Å². The fourth-order valence-corrected chi connectivity index (χ4v) is 2.41. The molecule has 1 saturated heterocycles. The number of aromatic nitrogens is 3. The molecule has 2 aromatic heterocycles. The van der Waals surface area contributed by atoms with Crippen molar-refractivity contribution in [2.75, 3.05) is 31.2 Å². The van der Waals surface area contributed by atoms with Gasteiger partial charge in [0.1, 0.15) is 5.82 Å². The van der Waals surface area contributed by atoms with Gasteiger partial charge in [-0.2, -0.15) is 0 Å². The second kappa shape index (κ2) is 7.29. The smallest absolute Gasteiger partial charge is 0.144 e. The highest BCUT2D eigenvalue weighted by atomic mass is 16.5. The Morgan fingerprint density at radius 1 is 1.18 bits per heavy atom. The molecule has 6 nitrogen and oxygen atoms in total. The van der Waals surface area contributed by atoms with Crippen LogP contribution in [0.4, 0.5) is 5.69 Å². The van der Waals surface area contributed by atoms with Crippen molar-refractivity contribution < 1.29 is 4.74 Å². The SMILES string of the molecule is C[C@@H](NCc1ccc(N2CCOCC2)cn1)c1ncccn1. The lowest BCUT2D eigenvalue weighted by Gasteiger charge is -2.28. The van der Waals surface area contributed by atoms with E-state index in [-0.39, 0.29) is 6.04 Å². The van der Waals surface area contributed by atoms with Crippen molar-refractivity contribution in [3.63, 3.8) is 0 Å². The monoisotopic (exact) mass is 299 g/mol. The first-order valence-electron chi connectivity index (χ1n) is 7.61. The van der Waals surface area contributed by atoms with E-state index in [1.807, 2.05) is 12.3 Å². The maximum atomic E-state index is 5.37. The van der Waals surface area contributed by atoms with Gasteiger partial charge in [-0.3, -0.25) is 4.98 Å². The van der Waals surface area contributed by atoms with Gasteiger partial charge in [0.05, 0.1) is 36.8 Å². The second-order valence-corrected chi connectivity index (χ2v) is 5.32. The fraction of sp³-hybridized carbons (Fsp3) is 0.438. The van der Waals surface area contributed by atoms with E-state index in [1.54, 1.807) is 12.4 Å². The van der Waals surface area contributed by atoms with Gasteiger partial charge in [-0.15, -0.1) is 0 Å². The molecule has 1 atom stereocenters. The highest BCUT2D eigenvalue weighted by molar-refractivity contribution is 5.44. The molecule has 0 bridgehead atoms. The molecule has 0 amide bonds. The topological polar surface area (TPSA) is 63.2 Å². The third-order valence-electron chi connectivity index (χ3n) is 3.75. The van der Waals surface area contributed by atoms with Crippen molar-refractivity contribution >= 4 is 5.69 Å². The zero-order valence-electron chi connectivity index (χ0n) is 12.8. The molecule has 6 heteroatoms. The largest absolute Gasteiger partial charge is 0.378 e. The summed E-state index contributed by atoms with van der Waals surface area (Å²) in [4.78, 5) is 15.3. The Morgan fingerprint density at radius 2 is 1.95 bits per heavy atom. The molecule has 0 aliphatic carbocycles.